The SMILES string of the molecule is C=O.CO/N=C(\C)c1csc(N)n1. The van der Waals surface area contributed by atoms with Crippen molar-refractivity contribution in [3.05, 3.63) is 11.1 Å². The number of thiazole rings is 1. The number of anilines is 1. The summed E-state index contributed by atoms with van der Waals surface area (Å²) in [5.74, 6) is 0. The molecule has 5 nitrogen and oxygen atoms in total. The van der Waals surface area contributed by atoms with Crippen molar-refractivity contribution in [3.63, 3.8) is 0 Å². The van der Waals surface area contributed by atoms with Gasteiger partial charge in [-0.3, -0.25) is 0 Å². The average Bonchev–Trinajstić information content (AvgIpc) is 2.56. The summed E-state index contributed by atoms with van der Waals surface area (Å²) in [5, 5.41) is 6.10. The van der Waals surface area contributed by atoms with Crippen molar-refractivity contribution >= 4 is 29.0 Å². The first kappa shape index (κ1) is 11.6. The van der Waals surface area contributed by atoms with E-state index >= 15 is 0 Å². The standard InChI is InChI=1S/C6H9N3OS.CH2O/c1-4(9-10-2)5-3-11-6(7)8-5;1-2/h3H,1-2H3,(H2,7,8);1H2/b9-4+;. The van der Waals surface area contributed by atoms with Gasteiger partial charge in [0.25, 0.3) is 0 Å². The van der Waals surface area contributed by atoms with Crippen LogP contribution in [0, 0.1) is 0 Å². The van der Waals surface area contributed by atoms with E-state index in [0.29, 0.717) is 5.13 Å². The number of nitrogens with zero attached hydrogens (tertiary/aromatic N) is 2. The zero-order valence-electron chi connectivity index (χ0n) is 7.48. The van der Waals surface area contributed by atoms with E-state index in [0.717, 1.165) is 11.4 Å². The van der Waals surface area contributed by atoms with E-state index in [1.54, 1.807) is 0 Å². The van der Waals surface area contributed by atoms with Crippen molar-refractivity contribution in [1.82, 2.24) is 4.98 Å². The number of rotatable bonds is 2. The lowest BCUT2D eigenvalue weighted by molar-refractivity contribution is -0.0979. The number of hydrogen-bond donors (Lipinski definition) is 1. The van der Waals surface area contributed by atoms with Gasteiger partial charge in [0, 0.05) is 5.38 Å². The fraction of sp³-hybridized carbons (Fsp3) is 0.286. The number of nitrogen functional groups attached to an aromatic ring is 1. The minimum atomic E-state index is 0.547. The lowest BCUT2D eigenvalue weighted by Gasteiger charge is -1.91. The van der Waals surface area contributed by atoms with Crippen LogP contribution in [-0.2, 0) is 9.63 Å². The van der Waals surface area contributed by atoms with Crippen LogP contribution in [0.15, 0.2) is 10.5 Å². The molecule has 1 aromatic rings. The number of hydrogen-bond acceptors (Lipinski definition) is 6. The summed E-state index contributed by atoms with van der Waals surface area (Å²) >= 11 is 1.39. The Balaban J connectivity index is 0.000000671. The molecular formula is C7H11N3O2S. The van der Waals surface area contributed by atoms with Crippen molar-refractivity contribution in [2.75, 3.05) is 12.8 Å². The Hall–Kier alpha value is -1.43. The van der Waals surface area contributed by atoms with Crippen LogP contribution >= 0.6 is 11.3 Å². The topological polar surface area (TPSA) is 77.6 Å². The fourth-order valence-corrected chi connectivity index (χ4v) is 1.24. The molecule has 0 bridgehead atoms. The smallest absolute Gasteiger partial charge is 0.180 e. The van der Waals surface area contributed by atoms with E-state index in [-0.39, 0.29) is 0 Å². The molecule has 0 amide bonds. The molecule has 0 aliphatic rings. The molecule has 0 fully saturated rings. The number of carbonyl (C=O) groups excluding carboxylic acids is 1. The average molecular weight is 201 g/mol. The second kappa shape index (κ2) is 6.13. The normalized spacial score (nSPS) is 10.2. The lowest BCUT2D eigenvalue weighted by Crippen LogP contribution is -1.96. The largest absolute Gasteiger partial charge is 0.399 e. The number of carbonyl (C=O) groups is 1. The van der Waals surface area contributed by atoms with E-state index in [1.165, 1.54) is 18.4 Å². The third-order valence-electron chi connectivity index (χ3n) is 1.12. The highest BCUT2D eigenvalue weighted by molar-refractivity contribution is 7.13. The molecule has 0 aliphatic heterocycles. The predicted molar refractivity (Wildman–Crippen MR) is 52.9 cm³/mol. The van der Waals surface area contributed by atoms with Gasteiger partial charge in [-0.2, -0.15) is 0 Å². The Kier molecular flexibility index (Phi) is 5.45. The first-order chi connectivity index (χ1) is 6.24. The van der Waals surface area contributed by atoms with Gasteiger partial charge in [0.15, 0.2) is 5.13 Å². The van der Waals surface area contributed by atoms with Crippen molar-refractivity contribution < 1.29 is 9.63 Å². The van der Waals surface area contributed by atoms with Gasteiger partial charge in [-0.25, -0.2) is 4.98 Å². The van der Waals surface area contributed by atoms with E-state index < -0.39 is 0 Å². The highest BCUT2D eigenvalue weighted by atomic mass is 32.1. The zero-order chi connectivity index (χ0) is 10.3. The molecule has 13 heavy (non-hydrogen) atoms. The zero-order valence-corrected chi connectivity index (χ0v) is 8.30. The molecule has 0 unspecified atom stereocenters. The van der Waals surface area contributed by atoms with Crippen molar-refractivity contribution in [2.24, 2.45) is 5.16 Å². The van der Waals surface area contributed by atoms with E-state index in [4.69, 9.17) is 10.5 Å². The third kappa shape index (κ3) is 3.66. The van der Waals surface area contributed by atoms with Crippen LogP contribution in [-0.4, -0.2) is 24.6 Å². The first-order valence-corrected chi connectivity index (χ1v) is 4.20. The third-order valence-corrected chi connectivity index (χ3v) is 1.79. The molecule has 72 valence electrons. The van der Waals surface area contributed by atoms with E-state index in [9.17, 15) is 0 Å². The minimum absolute atomic E-state index is 0.547. The Morgan fingerprint density at radius 3 is 2.77 bits per heavy atom. The summed E-state index contributed by atoms with van der Waals surface area (Å²) < 4.78 is 0. The highest BCUT2D eigenvalue weighted by Gasteiger charge is 2.01. The molecular weight excluding hydrogens is 190 g/mol. The second-order valence-electron chi connectivity index (χ2n) is 1.93. The molecule has 2 N–H and O–H groups in total. The Morgan fingerprint density at radius 1 is 1.77 bits per heavy atom. The van der Waals surface area contributed by atoms with Crippen LogP contribution < -0.4 is 5.73 Å². The quantitative estimate of drug-likeness (QED) is 0.570. The van der Waals surface area contributed by atoms with Gasteiger partial charge in [-0.1, -0.05) is 5.16 Å². The molecule has 1 rings (SSSR count). The molecule has 0 atom stereocenters. The van der Waals surface area contributed by atoms with Crippen LogP contribution in [0.5, 0.6) is 0 Å². The van der Waals surface area contributed by atoms with Gasteiger partial charge < -0.3 is 15.4 Å². The van der Waals surface area contributed by atoms with Gasteiger partial charge in [-0.05, 0) is 6.92 Å². The monoisotopic (exact) mass is 201 g/mol. The summed E-state index contributed by atoms with van der Waals surface area (Å²) in [6, 6.07) is 0. The van der Waals surface area contributed by atoms with Gasteiger partial charge in [-0.15, -0.1) is 11.3 Å². The Morgan fingerprint density at radius 2 is 2.38 bits per heavy atom. The van der Waals surface area contributed by atoms with E-state index in [1.807, 2.05) is 19.1 Å². The van der Waals surface area contributed by atoms with Crippen molar-refractivity contribution in [1.29, 1.82) is 0 Å². The highest BCUT2D eigenvalue weighted by Crippen LogP contribution is 2.11. The Bertz CT molecular complexity index is 285. The lowest BCUT2D eigenvalue weighted by atomic mass is 10.3. The molecule has 0 aromatic carbocycles. The fourth-order valence-electron chi connectivity index (χ4n) is 0.637. The molecule has 1 aromatic heterocycles. The van der Waals surface area contributed by atoms with E-state index in [2.05, 4.69) is 15.0 Å². The predicted octanol–water partition coefficient (Wildman–Crippen LogP) is 0.911. The van der Waals surface area contributed by atoms with Crippen LogP contribution in [0.4, 0.5) is 5.13 Å². The summed E-state index contributed by atoms with van der Waals surface area (Å²) in [7, 11) is 1.50. The summed E-state index contributed by atoms with van der Waals surface area (Å²) in [6.07, 6.45) is 0. The van der Waals surface area contributed by atoms with Crippen LogP contribution in [0.1, 0.15) is 12.6 Å². The van der Waals surface area contributed by atoms with Crippen LogP contribution in [0.25, 0.3) is 0 Å². The number of oxime groups is 1. The van der Waals surface area contributed by atoms with Gasteiger partial charge in [0.05, 0.1) is 0 Å². The maximum Gasteiger partial charge on any atom is 0.180 e. The molecule has 0 aliphatic carbocycles. The molecule has 6 heteroatoms. The Labute approximate surface area is 80.2 Å². The summed E-state index contributed by atoms with van der Waals surface area (Å²) in [5.41, 5.74) is 6.93. The van der Waals surface area contributed by atoms with Crippen molar-refractivity contribution in [3.8, 4) is 0 Å². The number of nitrogens with two attached hydrogens (primary N) is 1. The van der Waals surface area contributed by atoms with Gasteiger partial charge in [0.1, 0.15) is 25.3 Å². The van der Waals surface area contributed by atoms with Crippen LogP contribution in [0.2, 0.25) is 0 Å². The molecule has 0 saturated heterocycles. The first-order valence-electron chi connectivity index (χ1n) is 3.32. The minimum Gasteiger partial charge on any atom is -0.399 e. The van der Waals surface area contributed by atoms with Gasteiger partial charge in [0.2, 0.25) is 0 Å². The molecule has 0 saturated carbocycles. The molecule has 0 spiro atoms. The maximum atomic E-state index is 8.00. The van der Waals surface area contributed by atoms with Gasteiger partial charge >= 0.3 is 0 Å². The van der Waals surface area contributed by atoms with Crippen molar-refractivity contribution in [2.45, 2.75) is 6.92 Å². The number of aromatic nitrogens is 1. The molecule has 1 heterocycles. The maximum absolute atomic E-state index is 8.00. The summed E-state index contributed by atoms with van der Waals surface area (Å²) in [6.45, 7) is 3.82. The van der Waals surface area contributed by atoms with Crippen LogP contribution in [0.3, 0.4) is 0 Å². The molecule has 0 radical (unpaired) electrons. The summed E-state index contributed by atoms with van der Waals surface area (Å²) in [4.78, 5) is 16.6. The second-order valence-corrected chi connectivity index (χ2v) is 2.82.